The van der Waals surface area contributed by atoms with E-state index in [0.717, 1.165) is 0 Å². The van der Waals surface area contributed by atoms with Crippen molar-refractivity contribution in [3.8, 4) is 0 Å². The van der Waals surface area contributed by atoms with Crippen molar-refractivity contribution in [1.29, 1.82) is 0 Å². The van der Waals surface area contributed by atoms with Gasteiger partial charge in [-0.25, -0.2) is 0 Å². The smallest absolute Gasteiger partial charge is 0.247 e. The van der Waals surface area contributed by atoms with Crippen molar-refractivity contribution in [1.82, 2.24) is 0 Å². The van der Waals surface area contributed by atoms with Crippen molar-refractivity contribution < 1.29 is 14.6 Å². The van der Waals surface area contributed by atoms with Gasteiger partial charge >= 0.3 is 0 Å². The molecule has 1 heterocycles. The molecule has 0 amide bonds. The molecule has 4 heteroatoms. The molecule has 3 N–H and O–H groups in total. The van der Waals surface area contributed by atoms with Gasteiger partial charge in [0.05, 0.1) is 0 Å². The van der Waals surface area contributed by atoms with E-state index in [1.165, 1.54) is 5.56 Å². The molecule has 1 aromatic rings. The number of hydrogen-bond donors (Lipinski definition) is 2. The number of nitrogens with two attached hydrogens (primary N) is 1. The first kappa shape index (κ1) is 11.5. The third-order valence-corrected chi connectivity index (χ3v) is 2.86. The monoisotopic (exact) mass is 233 g/mol. The zero-order valence-electron chi connectivity index (χ0n) is 9.81. The Morgan fingerprint density at radius 2 is 1.88 bits per heavy atom. The fourth-order valence-electron chi connectivity index (χ4n) is 1.76. The second-order valence-corrected chi connectivity index (χ2v) is 4.40. The largest absolute Gasteiger partial charge is 0.501 e. The molecule has 0 spiro atoms. The van der Waals surface area contributed by atoms with Crippen molar-refractivity contribution in [2.45, 2.75) is 25.9 Å². The van der Waals surface area contributed by atoms with Crippen molar-refractivity contribution >= 4 is 5.78 Å². The fourth-order valence-corrected chi connectivity index (χ4v) is 1.76. The molecule has 0 aromatic heterocycles. The Kier molecular flexibility index (Phi) is 2.79. The molecular weight excluding hydrogens is 218 g/mol. The molecule has 1 unspecified atom stereocenters. The lowest BCUT2D eigenvalue weighted by molar-refractivity contribution is -0.123. The Balaban J connectivity index is 2.23. The maximum Gasteiger partial charge on any atom is 0.247 e. The predicted molar refractivity (Wildman–Crippen MR) is 63.2 cm³/mol. The van der Waals surface area contributed by atoms with Crippen LogP contribution in [-0.4, -0.2) is 10.9 Å². The molecule has 1 aliphatic heterocycles. The lowest BCUT2D eigenvalue weighted by Gasteiger charge is -2.11. The number of aliphatic hydroxyl groups excluding tert-OH is 1. The Bertz CT molecular complexity index is 474. The molecule has 0 saturated carbocycles. The molecule has 0 saturated heterocycles. The minimum atomic E-state index is -0.809. The van der Waals surface area contributed by atoms with E-state index in [1.807, 2.05) is 24.3 Å². The van der Waals surface area contributed by atoms with Crippen LogP contribution >= 0.6 is 0 Å². The van der Waals surface area contributed by atoms with E-state index in [2.05, 4.69) is 13.8 Å². The van der Waals surface area contributed by atoms with Crippen LogP contribution in [0.25, 0.3) is 0 Å². The molecular formula is C13H15NO3. The normalized spacial score (nSPS) is 19.9. The molecule has 0 aliphatic carbocycles. The van der Waals surface area contributed by atoms with E-state index < -0.39 is 17.6 Å². The number of Topliss-reactive ketones (excluding diaryl/α,β-unsaturated/α-hetero) is 1. The quantitative estimate of drug-likeness (QED) is 0.820. The van der Waals surface area contributed by atoms with Crippen LogP contribution in [0.4, 0.5) is 0 Å². The van der Waals surface area contributed by atoms with Gasteiger partial charge in [0, 0.05) is 5.56 Å². The Labute approximate surface area is 99.7 Å². The van der Waals surface area contributed by atoms with Crippen LogP contribution in [0, 0.1) is 0 Å². The van der Waals surface area contributed by atoms with Crippen molar-refractivity contribution in [3.05, 3.63) is 47.0 Å². The number of ether oxygens (including phenoxy) is 1. The summed E-state index contributed by atoms with van der Waals surface area (Å²) >= 11 is 0. The summed E-state index contributed by atoms with van der Waals surface area (Å²) in [6.45, 7) is 4.19. The Morgan fingerprint density at radius 1 is 1.29 bits per heavy atom. The highest BCUT2D eigenvalue weighted by Crippen LogP contribution is 2.30. The van der Waals surface area contributed by atoms with Gasteiger partial charge in [0.15, 0.2) is 6.10 Å². The fraction of sp³-hybridized carbons (Fsp3) is 0.308. The molecule has 90 valence electrons. The summed E-state index contributed by atoms with van der Waals surface area (Å²) in [5.41, 5.74) is 7.25. The standard InChI is InChI=1S/C13H15NO3/c1-7(2)8-3-5-9(6-4-8)12-10(15)11(16)13(14)17-12/h3-7,12,16H,14H2,1-2H3. The van der Waals surface area contributed by atoms with Gasteiger partial charge in [-0.2, -0.15) is 0 Å². The zero-order chi connectivity index (χ0) is 12.6. The molecule has 1 aliphatic rings. The molecule has 0 radical (unpaired) electrons. The van der Waals surface area contributed by atoms with Gasteiger partial charge in [-0.3, -0.25) is 4.79 Å². The van der Waals surface area contributed by atoms with E-state index in [4.69, 9.17) is 10.5 Å². The molecule has 0 bridgehead atoms. The van der Waals surface area contributed by atoms with Crippen LogP contribution in [0.5, 0.6) is 0 Å². The summed E-state index contributed by atoms with van der Waals surface area (Å²) in [6, 6.07) is 7.54. The third-order valence-electron chi connectivity index (χ3n) is 2.86. The number of hydrogen-bond acceptors (Lipinski definition) is 4. The average Bonchev–Trinajstić information content (AvgIpc) is 2.57. The lowest BCUT2D eigenvalue weighted by atomic mass is 9.99. The van der Waals surface area contributed by atoms with Crippen molar-refractivity contribution in [2.24, 2.45) is 5.73 Å². The average molecular weight is 233 g/mol. The predicted octanol–water partition coefficient (Wildman–Crippen LogP) is 2.14. The minimum Gasteiger partial charge on any atom is -0.501 e. The van der Waals surface area contributed by atoms with Gasteiger partial charge in [0.2, 0.25) is 17.4 Å². The van der Waals surface area contributed by atoms with Gasteiger partial charge in [0.25, 0.3) is 0 Å². The second kappa shape index (κ2) is 4.13. The Morgan fingerprint density at radius 3 is 2.29 bits per heavy atom. The van der Waals surface area contributed by atoms with E-state index in [9.17, 15) is 9.90 Å². The maximum absolute atomic E-state index is 11.6. The summed E-state index contributed by atoms with van der Waals surface area (Å²) in [7, 11) is 0. The van der Waals surface area contributed by atoms with Gasteiger partial charge in [0.1, 0.15) is 0 Å². The number of benzene rings is 1. The van der Waals surface area contributed by atoms with Gasteiger partial charge in [-0.15, -0.1) is 0 Å². The summed E-state index contributed by atoms with van der Waals surface area (Å²) in [6.07, 6.45) is -0.809. The zero-order valence-corrected chi connectivity index (χ0v) is 9.81. The molecule has 2 rings (SSSR count). The van der Waals surface area contributed by atoms with Gasteiger partial charge < -0.3 is 15.6 Å². The van der Waals surface area contributed by atoms with E-state index >= 15 is 0 Å². The second-order valence-electron chi connectivity index (χ2n) is 4.40. The number of ketones is 1. The van der Waals surface area contributed by atoms with Crippen molar-refractivity contribution in [2.75, 3.05) is 0 Å². The minimum absolute atomic E-state index is 0.201. The molecule has 17 heavy (non-hydrogen) atoms. The van der Waals surface area contributed by atoms with E-state index in [0.29, 0.717) is 11.5 Å². The van der Waals surface area contributed by atoms with Crippen LogP contribution < -0.4 is 5.73 Å². The molecule has 1 aromatic carbocycles. The summed E-state index contributed by atoms with van der Waals surface area (Å²) in [4.78, 5) is 11.6. The molecule has 1 atom stereocenters. The first-order chi connectivity index (χ1) is 8.00. The first-order valence-electron chi connectivity index (χ1n) is 5.50. The highest BCUT2D eigenvalue weighted by molar-refractivity contribution is 5.99. The van der Waals surface area contributed by atoms with Crippen LogP contribution in [0.3, 0.4) is 0 Å². The van der Waals surface area contributed by atoms with Gasteiger partial charge in [-0.1, -0.05) is 38.1 Å². The number of rotatable bonds is 2. The van der Waals surface area contributed by atoms with E-state index in [-0.39, 0.29) is 5.88 Å². The number of aliphatic hydroxyl groups is 1. The SMILES string of the molecule is CC(C)c1ccc(C2OC(N)=C(O)C2=O)cc1. The first-order valence-corrected chi connectivity index (χ1v) is 5.50. The highest BCUT2D eigenvalue weighted by Gasteiger charge is 2.35. The van der Waals surface area contributed by atoms with E-state index in [1.54, 1.807) is 0 Å². The Hall–Kier alpha value is -1.97. The number of carbonyl (C=O) groups is 1. The lowest BCUT2D eigenvalue weighted by Crippen LogP contribution is -2.09. The van der Waals surface area contributed by atoms with Crippen LogP contribution in [0.2, 0.25) is 0 Å². The van der Waals surface area contributed by atoms with Crippen LogP contribution in [0.1, 0.15) is 37.0 Å². The number of carbonyl (C=O) groups excluding carboxylic acids is 1. The summed E-state index contributed by atoms with van der Waals surface area (Å²) < 4.78 is 5.13. The maximum atomic E-state index is 11.6. The van der Waals surface area contributed by atoms with Crippen LogP contribution in [0.15, 0.2) is 35.9 Å². The van der Waals surface area contributed by atoms with Crippen molar-refractivity contribution in [3.63, 3.8) is 0 Å². The topological polar surface area (TPSA) is 72.6 Å². The summed E-state index contributed by atoms with van der Waals surface area (Å²) in [5.74, 6) is -0.739. The molecule has 4 nitrogen and oxygen atoms in total. The highest BCUT2D eigenvalue weighted by atomic mass is 16.5. The van der Waals surface area contributed by atoms with Gasteiger partial charge in [-0.05, 0) is 11.5 Å². The van der Waals surface area contributed by atoms with Crippen LogP contribution in [-0.2, 0) is 9.53 Å². The third kappa shape index (κ3) is 1.98. The molecule has 0 fully saturated rings. The summed E-state index contributed by atoms with van der Waals surface area (Å²) in [5, 5.41) is 9.32.